The van der Waals surface area contributed by atoms with Gasteiger partial charge in [-0.3, -0.25) is 14.4 Å². The summed E-state index contributed by atoms with van der Waals surface area (Å²) in [5, 5.41) is 12.5. The van der Waals surface area contributed by atoms with Crippen LogP contribution in [0.15, 0.2) is 18.2 Å². The van der Waals surface area contributed by atoms with E-state index < -0.39 is 41.8 Å². The van der Waals surface area contributed by atoms with Crippen LogP contribution in [0, 0.1) is 0 Å². The minimum atomic E-state index is -1.12. The second-order valence-electron chi connectivity index (χ2n) is 8.33. The second kappa shape index (κ2) is 13.5. The van der Waals surface area contributed by atoms with E-state index >= 15 is 0 Å². The Balaban J connectivity index is 2.86. The van der Waals surface area contributed by atoms with Gasteiger partial charge in [0.05, 0.1) is 0 Å². The van der Waals surface area contributed by atoms with Crippen molar-refractivity contribution in [3.63, 3.8) is 0 Å². The number of carboxylic acid groups (broad SMARTS) is 1. The zero-order chi connectivity index (χ0) is 25.9. The lowest BCUT2D eigenvalue weighted by Gasteiger charge is -2.24. The molecular formula is C24H35NO9. The highest BCUT2D eigenvalue weighted by molar-refractivity contribution is 5.76. The topological polar surface area (TPSA) is 137 Å². The molecule has 10 heteroatoms. The van der Waals surface area contributed by atoms with Gasteiger partial charge in [0, 0.05) is 19.4 Å². The standard InChI is InChI=1S/C24H35NO9/c1-7-20(26)32-18-11-10-16(13-19(18)33-21(27)8-2)12-17(22(28)29)25-14-15(4)31-23(30)34-24(5,6)9-3/h10-11,13,15,17,25H,7-9,12,14H2,1-6H3,(H,28,29)/t15?,17-/m0/s1. The highest BCUT2D eigenvalue weighted by atomic mass is 16.7. The minimum absolute atomic E-state index is 0.0354. The van der Waals surface area contributed by atoms with Crippen LogP contribution >= 0.6 is 0 Å². The Kier molecular flexibility index (Phi) is 11.5. The number of ether oxygens (including phenoxy) is 4. The molecular weight excluding hydrogens is 446 g/mol. The van der Waals surface area contributed by atoms with Gasteiger partial charge in [0.25, 0.3) is 0 Å². The van der Waals surface area contributed by atoms with E-state index in [4.69, 9.17) is 18.9 Å². The van der Waals surface area contributed by atoms with Crippen LogP contribution in [-0.4, -0.2) is 53.5 Å². The summed E-state index contributed by atoms with van der Waals surface area (Å²) in [6, 6.07) is 3.49. The normalized spacial score (nSPS) is 12.9. The molecule has 1 rings (SSSR count). The van der Waals surface area contributed by atoms with Crippen molar-refractivity contribution in [1.29, 1.82) is 0 Å². The average Bonchev–Trinajstić information content (AvgIpc) is 2.77. The summed E-state index contributed by atoms with van der Waals surface area (Å²) in [7, 11) is 0. The molecule has 0 aromatic heterocycles. The molecule has 1 unspecified atom stereocenters. The predicted molar refractivity (Wildman–Crippen MR) is 123 cm³/mol. The number of benzene rings is 1. The molecule has 0 saturated carbocycles. The van der Waals surface area contributed by atoms with Gasteiger partial charge < -0.3 is 29.4 Å². The van der Waals surface area contributed by atoms with Crippen molar-refractivity contribution >= 4 is 24.1 Å². The molecule has 0 saturated heterocycles. The molecule has 0 amide bonds. The maximum absolute atomic E-state index is 11.9. The van der Waals surface area contributed by atoms with E-state index in [0.29, 0.717) is 12.0 Å². The Labute approximate surface area is 199 Å². The van der Waals surface area contributed by atoms with E-state index in [0.717, 1.165) is 0 Å². The van der Waals surface area contributed by atoms with Gasteiger partial charge in [-0.2, -0.15) is 0 Å². The van der Waals surface area contributed by atoms with Crippen LogP contribution < -0.4 is 14.8 Å². The van der Waals surface area contributed by atoms with Gasteiger partial charge in [-0.15, -0.1) is 0 Å². The number of rotatable bonds is 13. The van der Waals surface area contributed by atoms with Gasteiger partial charge in [0.15, 0.2) is 11.5 Å². The zero-order valence-corrected chi connectivity index (χ0v) is 20.6. The molecule has 1 aromatic carbocycles. The first-order valence-corrected chi connectivity index (χ1v) is 11.3. The molecule has 1 aromatic rings. The highest BCUT2D eigenvalue weighted by Crippen LogP contribution is 2.30. The molecule has 0 radical (unpaired) electrons. The van der Waals surface area contributed by atoms with Crippen LogP contribution in [0.1, 0.15) is 66.4 Å². The Bertz CT molecular complexity index is 866. The van der Waals surface area contributed by atoms with Crippen LogP contribution in [0.4, 0.5) is 4.79 Å². The maximum Gasteiger partial charge on any atom is 0.509 e. The first-order valence-electron chi connectivity index (χ1n) is 11.3. The molecule has 0 aliphatic rings. The fourth-order valence-electron chi connectivity index (χ4n) is 2.55. The Morgan fingerprint density at radius 1 is 1.00 bits per heavy atom. The van der Waals surface area contributed by atoms with Crippen molar-refractivity contribution in [1.82, 2.24) is 5.32 Å². The summed E-state index contributed by atoms with van der Waals surface area (Å²) >= 11 is 0. The Morgan fingerprint density at radius 2 is 1.59 bits per heavy atom. The van der Waals surface area contributed by atoms with Crippen molar-refractivity contribution in [2.24, 2.45) is 0 Å². The zero-order valence-electron chi connectivity index (χ0n) is 20.6. The number of carbonyl (C=O) groups is 4. The third-order valence-corrected chi connectivity index (χ3v) is 4.93. The summed E-state index contributed by atoms with van der Waals surface area (Å²) in [4.78, 5) is 47.1. The Hall–Kier alpha value is -3.14. The van der Waals surface area contributed by atoms with Gasteiger partial charge >= 0.3 is 24.1 Å². The molecule has 2 N–H and O–H groups in total. The molecule has 10 nitrogen and oxygen atoms in total. The van der Waals surface area contributed by atoms with Crippen molar-refractivity contribution in [3.05, 3.63) is 23.8 Å². The predicted octanol–water partition coefficient (Wildman–Crippen LogP) is 3.63. The summed E-state index contributed by atoms with van der Waals surface area (Å²) in [6.45, 7) is 10.3. The largest absolute Gasteiger partial charge is 0.509 e. The van der Waals surface area contributed by atoms with E-state index in [1.165, 1.54) is 12.1 Å². The number of esters is 2. The molecule has 0 bridgehead atoms. The average molecular weight is 482 g/mol. The number of hydrogen-bond acceptors (Lipinski definition) is 9. The fourth-order valence-corrected chi connectivity index (χ4v) is 2.55. The van der Waals surface area contributed by atoms with Gasteiger partial charge in [-0.05, 0) is 51.3 Å². The van der Waals surface area contributed by atoms with E-state index in [-0.39, 0.29) is 37.3 Å². The number of hydrogen-bond donors (Lipinski definition) is 2. The van der Waals surface area contributed by atoms with E-state index in [1.54, 1.807) is 40.7 Å². The van der Waals surface area contributed by atoms with Crippen LogP contribution in [0.2, 0.25) is 0 Å². The summed E-state index contributed by atoms with van der Waals surface area (Å²) in [5.41, 5.74) is -0.127. The van der Waals surface area contributed by atoms with Crippen molar-refractivity contribution in [2.75, 3.05) is 6.54 Å². The van der Waals surface area contributed by atoms with Crippen molar-refractivity contribution in [3.8, 4) is 11.5 Å². The van der Waals surface area contributed by atoms with Gasteiger partial charge in [-0.25, -0.2) is 4.79 Å². The number of aliphatic carboxylic acids is 1. The lowest BCUT2D eigenvalue weighted by Crippen LogP contribution is -2.43. The summed E-state index contributed by atoms with van der Waals surface area (Å²) in [5.74, 6) is -2.03. The molecule has 0 spiro atoms. The van der Waals surface area contributed by atoms with Gasteiger partial charge in [0.1, 0.15) is 17.7 Å². The van der Waals surface area contributed by atoms with Crippen LogP contribution in [0.5, 0.6) is 11.5 Å². The van der Waals surface area contributed by atoms with Gasteiger partial charge in [-0.1, -0.05) is 26.8 Å². The summed E-state index contributed by atoms with van der Waals surface area (Å²) < 4.78 is 20.9. The third-order valence-electron chi connectivity index (χ3n) is 4.93. The number of carboxylic acids is 1. The van der Waals surface area contributed by atoms with Crippen LogP contribution in [0.3, 0.4) is 0 Å². The highest BCUT2D eigenvalue weighted by Gasteiger charge is 2.24. The molecule has 0 fully saturated rings. The molecule has 190 valence electrons. The lowest BCUT2D eigenvalue weighted by molar-refractivity contribution is -0.139. The fraction of sp³-hybridized carbons (Fsp3) is 0.583. The Morgan fingerprint density at radius 3 is 2.12 bits per heavy atom. The molecule has 34 heavy (non-hydrogen) atoms. The first-order chi connectivity index (χ1) is 15.9. The van der Waals surface area contributed by atoms with Crippen molar-refractivity contribution < 1.29 is 43.2 Å². The second-order valence-corrected chi connectivity index (χ2v) is 8.33. The van der Waals surface area contributed by atoms with E-state index in [2.05, 4.69) is 5.32 Å². The molecule has 2 atom stereocenters. The third kappa shape index (κ3) is 10.2. The van der Waals surface area contributed by atoms with Crippen molar-refractivity contribution in [2.45, 2.75) is 85.0 Å². The van der Waals surface area contributed by atoms with Crippen LogP contribution in [0.25, 0.3) is 0 Å². The lowest BCUT2D eigenvalue weighted by atomic mass is 10.0. The monoisotopic (exact) mass is 481 g/mol. The SMILES string of the molecule is CCC(=O)Oc1ccc(C[C@H](NCC(C)OC(=O)OC(C)(C)CC)C(=O)O)cc1OC(=O)CC. The first kappa shape index (κ1) is 28.9. The molecule has 0 aliphatic heterocycles. The minimum Gasteiger partial charge on any atom is -0.480 e. The van der Waals surface area contributed by atoms with E-state index in [9.17, 15) is 24.3 Å². The van der Waals surface area contributed by atoms with Crippen LogP contribution in [-0.2, 0) is 30.3 Å². The number of nitrogens with one attached hydrogen (secondary N) is 1. The molecule has 0 aliphatic carbocycles. The maximum atomic E-state index is 11.9. The summed E-state index contributed by atoms with van der Waals surface area (Å²) in [6.07, 6.45) is -0.569. The number of carbonyl (C=O) groups excluding carboxylic acids is 3. The quantitative estimate of drug-likeness (QED) is 0.317. The van der Waals surface area contributed by atoms with E-state index in [1.807, 2.05) is 6.92 Å². The molecule has 0 heterocycles. The smallest absolute Gasteiger partial charge is 0.480 e. The van der Waals surface area contributed by atoms with Gasteiger partial charge in [0.2, 0.25) is 0 Å².